The van der Waals surface area contributed by atoms with Gasteiger partial charge < -0.3 is 5.32 Å². The highest BCUT2D eigenvalue weighted by Gasteiger charge is 2.24. The summed E-state index contributed by atoms with van der Waals surface area (Å²) in [6.07, 6.45) is 1.88. The van der Waals surface area contributed by atoms with Crippen LogP contribution in [0.5, 0.6) is 0 Å². The van der Waals surface area contributed by atoms with Gasteiger partial charge in [0.1, 0.15) is 12.0 Å². The van der Waals surface area contributed by atoms with Gasteiger partial charge in [0, 0.05) is 16.8 Å². The minimum atomic E-state index is -0.349. The Labute approximate surface area is 354 Å². The van der Waals surface area contributed by atoms with Crippen LogP contribution in [0.4, 0.5) is 0 Å². The maximum atomic E-state index is 5.52. The molecule has 0 radical (unpaired) electrons. The summed E-state index contributed by atoms with van der Waals surface area (Å²) in [5, 5.41) is 13.9. The van der Waals surface area contributed by atoms with Gasteiger partial charge in [-0.05, 0) is 107 Å². The Balaban J connectivity index is 1.06. The van der Waals surface area contributed by atoms with Crippen molar-refractivity contribution in [1.29, 1.82) is 0 Å². The minimum Gasteiger partial charge on any atom is -0.346 e. The molecule has 1 aliphatic heterocycles. The molecule has 10 aromatic carbocycles. The first-order chi connectivity index (χ1) is 30.2. The number of fused-ring (bicyclic) bond motifs is 9. The molecule has 1 atom stereocenters. The van der Waals surface area contributed by atoms with E-state index in [0.29, 0.717) is 0 Å². The van der Waals surface area contributed by atoms with Crippen LogP contribution in [0.3, 0.4) is 0 Å². The molecular formula is C58H39N3. The summed E-state index contributed by atoms with van der Waals surface area (Å²) in [6.45, 7) is 0. The Morgan fingerprint density at radius 1 is 0.328 bits per heavy atom. The van der Waals surface area contributed by atoms with E-state index >= 15 is 0 Å². The van der Waals surface area contributed by atoms with Gasteiger partial charge in [0.05, 0.1) is 16.7 Å². The third-order valence-electron chi connectivity index (χ3n) is 12.4. The number of aliphatic imine (C=N–C) groups is 1. The van der Waals surface area contributed by atoms with Crippen LogP contribution < -0.4 is 5.32 Å². The Kier molecular flexibility index (Phi) is 8.24. The lowest BCUT2D eigenvalue weighted by atomic mass is 9.93. The maximum absolute atomic E-state index is 5.52. The fourth-order valence-electron chi connectivity index (χ4n) is 9.43. The van der Waals surface area contributed by atoms with Gasteiger partial charge in [-0.15, -0.1) is 0 Å². The van der Waals surface area contributed by atoms with Crippen molar-refractivity contribution in [1.82, 2.24) is 9.88 Å². The Hall–Kier alpha value is -8.01. The van der Waals surface area contributed by atoms with Gasteiger partial charge in [0.25, 0.3) is 0 Å². The number of allylic oxidation sites excluding steroid dienone is 1. The standard InChI is InChI=1S/C58H39N3/c1-4-14-38(15-5-1)41-24-26-42(27-25-41)54-37-57(60-58(59-54)45-28-31-50-48-22-11-10-20-46(48)47-21-12-13-23-49(47)51(50)36-45)61-55-32-29-43(39-16-6-2-7-17-39)34-52(55)53-35-44(30-33-56(53)61)40-18-8-3-9-19-40/h1-37,58,60H. The molecule has 12 rings (SSSR count). The molecule has 286 valence electrons. The third kappa shape index (κ3) is 6.01. The van der Waals surface area contributed by atoms with Crippen LogP contribution in [0, 0.1) is 0 Å². The lowest BCUT2D eigenvalue weighted by Crippen LogP contribution is -2.27. The summed E-state index contributed by atoms with van der Waals surface area (Å²) in [5.41, 5.74) is 12.5. The van der Waals surface area contributed by atoms with Gasteiger partial charge in [-0.1, -0.05) is 188 Å². The highest BCUT2D eigenvalue weighted by Crippen LogP contribution is 2.40. The van der Waals surface area contributed by atoms with Crippen LogP contribution in [0.25, 0.3) is 93.3 Å². The first-order valence-corrected chi connectivity index (χ1v) is 21.0. The normalized spacial score (nSPS) is 14.1. The zero-order valence-electron chi connectivity index (χ0n) is 33.3. The molecule has 0 bridgehead atoms. The van der Waals surface area contributed by atoms with Crippen molar-refractivity contribution in [3.63, 3.8) is 0 Å². The largest absolute Gasteiger partial charge is 0.346 e. The second-order valence-corrected chi connectivity index (χ2v) is 16.0. The highest BCUT2D eigenvalue weighted by molar-refractivity contribution is 6.25. The van der Waals surface area contributed by atoms with Crippen LogP contribution >= 0.6 is 0 Å². The molecule has 0 saturated carbocycles. The average Bonchev–Trinajstić information content (AvgIpc) is 3.68. The van der Waals surface area contributed by atoms with Gasteiger partial charge in [0.2, 0.25) is 0 Å². The average molecular weight is 778 g/mol. The zero-order valence-corrected chi connectivity index (χ0v) is 33.3. The van der Waals surface area contributed by atoms with Crippen molar-refractivity contribution in [2.75, 3.05) is 0 Å². The lowest BCUT2D eigenvalue weighted by Gasteiger charge is -2.26. The van der Waals surface area contributed by atoms with E-state index in [1.165, 1.54) is 76.5 Å². The zero-order chi connectivity index (χ0) is 40.3. The van der Waals surface area contributed by atoms with E-state index in [1.807, 2.05) is 0 Å². The van der Waals surface area contributed by atoms with E-state index in [2.05, 4.69) is 234 Å². The molecule has 0 spiro atoms. The number of rotatable bonds is 6. The Bertz CT molecular complexity index is 3390. The predicted octanol–water partition coefficient (Wildman–Crippen LogP) is 14.8. The lowest BCUT2D eigenvalue weighted by molar-refractivity contribution is 0.647. The Morgan fingerprint density at radius 2 is 0.738 bits per heavy atom. The van der Waals surface area contributed by atoms with Gasteiger partial charge >= 0.3 is 0 Å². The van der Waals surface area contributed by atoms with E-state index in [4.69, 9.17) is 4.99 Å². The number of hydrogen-bond donors (Lipinski definition) is 1. The van der Waals surface area contributed by atoms with Crippen molar-refractivity contribution >= 4 is 65.7 Å². The smallest absolute Gasteiger partial charge is 0.146 e. The van der Waals surface area contributed by atoms with Crippen LogP contribution in [0.1, 0.15) is 17.3 Å². The first kappa shape index (κ1) is 35.0. The van der Waals surface area contributed by atoms with Crippen LogP contribution in [-0.2, 0) is 0 Å². The minimum absolute atomic E-state index is 0.349. The van der Waals surface area contributed by atoms with Gasteiger partial charge in [0.15, 0.2) is 0 Å². The molecule has 0 aliphatic carbocycles. The van der Waals surface area contributed by atoms with E-state index in [1.54, 1.807) is 0 Å². The second-order valence-electron chi connectivity index (χ2n) is 16.0. The molecule has 2 heterocycles. The van der Waals surface area contributed by atoms with Crippen molar-refractivity contribution in [2.24, 2.45) is 4.99 Å². The Morgan fingerprint density at radius 3 is 1.26 bits per heavy atom. The first-order valence-electron chi connectivity index (χ1n) is 21.0. The molecule has 3 heteroatoms. The maximum Gasteiger partial charge on any atom is 0.146 e. The molecule has 0 amide bonds. The van der Waals surface area contributed by atoms with Gasteiger partial charge in [-0.25, -0.2) is 0 Å². The summed E-state index contributed by atoms with van der Waals surface area (Å²) in [7, 11) is 0. The van der Waals surface area contributed by atoms with E-state index in [0.717, 1.165) is 33.7 Å². The van der Waals surface area contributed by atoms with Crippen molar-refractivity contribution in [3.8, 4) is 33.4 Å². The topological polar surface area (TPSA) is 29.3 Å². The van der Waals surface area contributed by atoms with Crippen molar-refractivity contribution in [3.05, 3.63) is 236 Å². The van der Waals surface area contributed by atoms with Gasteiger partial charge in [-0.3, -0.25) is 9.56 Å². The summed E-state index contributed by atoms with van der Waals surface area (Å²) < 4.78 is 2.40. The van der Waals surface area contributed by atoms with Crippen LogP contribution in [0.2, 0.25) is 0 Å². The summed E-state index contributed by atoms with van der Waals surface area (Å²) in [4.78, 5) is 5.52. The SMILES string of the molecule is C1=C(n2c3ccc(-c4ccccc4)cc3c3cc(-c4ccccc4)ccc32)NC(c2ccc3c4ccccc4c4ccccc4c3c2)N=C1c1ccc(-c2ccccc2)cc1. The number of nitrogens with zero attached hydrogens (tertiary/aromatic N) is 2. The third-order valence-corrected chi connectivity index (χ3v) is 12.4. The molecule has 0 fully saturated rings. The number of aromatic nitrogens is 1. The van der Waals surface area contributed by atoms with Gasteiger partial charge in [-0.2, -0.15) is 0 Å². The molecule has 3 nitrogen and oxygen atoms in total. The molecule has 0 saturated heterocycles. The van der Waals surface area contributed by atoms with E-state index in [-0.39, 0.29) is 6.17 Å². The number of hydrogen-bond acceptors (Lipinski definition) is 2. The molecule has 1 unspecified atom stereocenters. The quantitative estimate of drug-likeness (QED) is 0.167. The predicted molar refractivity (Wildman–Crippen MR) is 258 cm³/mol. The molecule has 1 aliphatic rings. The highest BCUT2D eigenvalue weighted by atomic mass is 15.2. The second kappa shape index (κ2) is 14.4. The van der Waals surface area contributed by atoms with Crippen molar-refractivity contribution < 1.29 is 0 Å². The van der Waals surface area contributed by atoms with Crippen LogP contribution in [0.15, 0.2) is 229 Å². The fraction of sp³-hybridized carbons (Fsp3) is 0.0172. The van der Waals surface area contributed by atoms with E-state index < -0.39 is 0 Å². The fourth-order valence-corrected chi connectivity index (χ4v) is 9.43. The molecule has 11 aromatic rings. The van der Waals surface area contributed by atoms with Crippen molar-refractivity contribution in [2.45, 2.75) is 6.17 Å². The monoisotopic (exact) mass is 777 g/mol. The molecule has 1 aromatic heterocycles. The molecular weight excluding hydrogens is 739 g/mol. The summed E-state index contributed by atoms with van der Waals surface area (Å²) in [6, 6.07) is 79.0. The molecule has 61 heavy (non-hydrogen) atoms. The van der Waals surface area contributed by atoms with Crippen LogP contribution in [-0.4, -0.2) is 10.3 Å². The number of benzene rings is 10. The summed E-state index contributed by atoms with van der Waals surface area (Å²) >= 11 is 0. The number of nitrogens with one attached hydrogen (secondary N) is 1. The van der Waals surface area contributed by atoms with E-state index in [9.17, 15) is 0 Å². The summed E-state index contributed by atoms with van der Waals surface area (Å²) in [5.74, 6) is 0.977. The molecule has 1 N–H and O–H groups in total.